The molecule has 2 unspecified atom stereocenters. The van der Waals surface area contributed by atoms with E-state index < -0.39 is 12.1 Å². The molecule has 2 rings (SSSR count). The van der Waals surface area contributed by atoms with E-state index in [-0.39, 0.29) is 17.4 Å². The Morgan fingerprint density at radius 3 is 2.21 bits per heavy atom. The van der Waals surface area contributed by atoms with Crippen molar-refractivity contribution in [1.82, 2.24) is 10.2 Å². The third kappa shape index (κ3) is 2.48. The van der Waals surface area contributed by atoms with Gasteiger partial charge in [0.2, 0.25) is 5.91 Å². The van der Waals surface area contributed by atoms with Crippen LogP contribution in [0.4, 0.5) is 0 Å². The van der Waals surface area contributed by atoms with Gasteiger partial charge in [-0.05, 0) is 33.3 Å². The fourth-order valence-electron chi connectivity index (χ4n) is 2.55. The predicted octanol–water partition coefficient (Wildman–Crippen LogP) is 1.87. The number of piperazine rings is 1. The summed E-state index contributed by atoms with van der Waals surface area (Å²) >= 11 is 0. The fraction of sp³-hybridized carbons (Fsp3) is 0.467. The van der Waals surface area contributed by atoms with Crippen molar-refractivity contribution in [2.45, 2.75) is 45.3 Å². The summed E-state index contributed by atoms with van der Waals surface area (Å²) in [6.07, 6.45) is 0. The number of carbonyl (C=O) groups is 2. The molecule has 0 aliphatic carbocycles. The van der Waals surface area contributed by atoms with Crippen LogP contribution in [0, 0.1) is 0 Å². The lowest BCUT2D eigenvalue weighted by Gasteiger charge is -2.45. The summed E-state index contributed by atoms with van der Waals surface area (Å²) < 4.78 is 0. The highest BCUT2D eigenvalue weighted by Crippen LogP contribution is 2.27. The van der Waals surface area contributed by atoms with Crippen LogP contribution in [0.2, 0.25) is 0 Å². The highest BCUT2D eigenvalue weighted by Gasteiger charge is 2.43. The van der Waals surface area contributed by atoms with Gasteiger partial charge in [-0.3, -0.25) is 9.59 Å². The minimum Gasteiger partial charge on any atom is -0.339 e. The first-order valence-electron chi connectivity index (χ1n) is 6.51. The lowest BCUT2D eigenvalue weighted by atomic mass is 9.95. The van der Waals surface area contributed by atoms with Crippen molar-refractivity contribution < 1.29 is 9.59 Å². The summed E-state index contributed by atoms with van der Waals surface area (Å²) in [4.78, 5) is 26.4. The maximum Gasteiger partial charge on any atom is 0.250 e. The molecule has 1 saturated heterocycles. The van der Waals surface area contributed by atoms with E-state index in [0.29, 0.717) is 0 Å². The van der Waals surface area contributed by atoms with E-state index in [1.165, 1.54) is 0 Å². The molecule has 0 bridgehead atoms. The van der Waals surface area contributed by atoms with E-state index in [9.17, 15) is 9.59 Å². The summed E-state index contributed by atoms with van der Waals surface area (Å²) in [5, 5.41) is 2.80. The van der Waals surface area contributed by atoms with Gasteiger partial charge in [0, 0.05) is 5.54 Å². The Morgan fingerprint density at radius 2 is 1.68 bits per heavy atom. The Bertz CT molecular complexity index is 491. The Kier molecular flexibility index (Phi) is 3.35. The van der Waals surface area contributed by atoms with Crippen molar-refractivity contribution in [3.8, 4) is 0 Å². The van der Waals surface area contributed by atoms with Crippen LogP contribution in [0.3, 0.4) is 0 Å². The molecular formula is C15H20N2O2. The highest BCUT2D eigenvalue weighted by atomic mass is 16.2. The normalized spacial score (nSPS) is 24.3. The second-order valence-electron chi connectivity index (χ2n) is 5.91. The lowest BCUT2D eigenvalue weighted by Crippen LogP contribution is -2.63. The number of hydrogen-bond acceptors (Lipinski definition) is 2. The average molecular weight is 260 g/mol. The smallest absolute Gasteiger partial charge is 0.250 e. The molecular weight excluding hydrogens is 240 g/mol. The first kappa shape index (κ1) is 13.6. The minimum absolute atomic E-state index is 0.0502. The predicted molar refractivity (Wildman–Crippen MR) is 73.4 cm³/mol. The van der Waals surface area contributed by atoms with Crippen LogP contribution in [-0.2, 0) is 9.59 Å². The standard InChI is InChI=1S/C15H20N2O2/c1-10-13(18)16-12(11-8-6-5-7-9-11)14(19)17(10)15(2,3)4/h5-10,12H,1-4H3,(H,16,18). The first-order chi connectivity index (χ1) is 8.82. The third-order valence-corrected chi connectivity index (χ3v) is 3.39. The first-order valence-corrected chi connectivity index (χ1v) is 6.51. The molecule has 0 aromatic heterocycles. The van der Waals surface area contributed by atoms with Gasteiger partial charge in [0.1, 0.15) is 12.1 Å². The lowest BCUT2D eigenvalue weighted by molar-refractivity contribution is -0.154. The molecule has 0 radical (unpaired) electrons. The molecule has 1 aromatic carbocycles. The van der Waals surface area contributed by atoms with Gasteiger partial charge in [-0.15, -0.1) is 0 Å². The topological polar surface area (TPSA) is 49.4 Å². The number of rotatable bonds is 1. The van der Waals surface area contributed by atoms with Crippen LogP contribution in [0.25, 0.3) is 0 Å². The number of nitrogens with one attached hydrogen (secondary N) is 1. The zero-order valence-electron chi connectivity index (χ0n) is 11.8. The van der Waals surface area contributed by atoms with Gasteiger partial charge < -0.3 is 10.2 Å². The number of hydrogen-bond donors (Lipinski definition) is 1. The zero-order valence-corrected chi connectivity index (χ0v) is 11.8. The second-order valence-corrected chi connectivity index (χ2v) is 5.91. The molecule has 2 amide bonds. The fourth-order valence-corrected chi connectivity index (χ4v) is 2.55. The largest absolute Gasteiger partial charge is 0.339 e. The van der Waals surface area contributed by atoms with E-state index in [2.05, 4.69) is 5.32 Å². The maximum absolute atomic E-state index is 12.6. The van der Waals surface area contributed by atoms with Crippen molar-refractivity contribution in [3.63, 3.8) is 0 Å². The molecule has 0 spiro atoms. The van der Waals surface area contributed by atoms with Gasteiger partial charge in [0.25, 0.3) is 5.91 Å². The zero-order chi connectivity index (χ0) is 14.2. The number of carbonyl (C=O) groups excluding carboxylic acids is 2. The highest BCUT2D eigenvalue weighted by molar-refractivity contribution is 5.97. The van der Waals surface area contributed by atoms with Gasteiger partial charge in [-0.2, -0.15) is 0 Å². The molecule has 19 heavy (non-hydrogen) atoms. The Labute approximate surface area is 113 Å². The van der Waals surface area contributed by atoms with Gasteiger partial charge in [0.05, 0.1) is 0 Å². The molecule has 1 aromatic rings. The molecule has 1 heterocycles. The van der Waals surface area contributed by atoms with Crippen molar-refractivity contribution >= 4 is 11.8 Å². The van der Waals surface area contributed by atoms with E-state index >= 15 is 0 Å². The van der Waals surface area contributed by atoms with E-state index in [0.717, 1.165) is 5.56 Å². The minimum atomic E-state index is -0.580. The van der Waals surface area contributed by atoms with E-state index in [1.54, 1.807) is 11.8 Å². The van der Waals surface area contributed by atoms with Crippen LogP contribution in [-0.4, -0.2) is 28.3 Å². The molecule has 0 saturated carbocycles. The van der Waals surface area contributed by atoms with E-state index in [4.69, 9.17) is 0 Å². The quantitative estimate of drug-likeness (QED) is 0.838. The van der Waals surface area contributed by atoms with Crippen LogP contribution < -0.4 is 5.32 Å². The van der Waals surface area contributed by atoms with Crippen LogP contribution in [0.5, 0.6) is 0 Å². The molecule has 1 fully saturated rings. The van der Waals surface area contributed by atoms with Crippen LogP contribution in [0.1, 0.15) is 39.3 Å². The van der Waals surface area contributed by atoms with Gasteiger partial charge in [-0.25, -0.2) is 0 Å². The molecule has 1 aliphatic rings. The number of nitrogens with zero attached hydrogens (tertiary/aromatic N) is 1. The molecule has 4 nitrogen and oxygen atoms in total. The molecule has 2 atom stereocenters. The maximum atomic E-state index is 12.6. The number of amides is 2. The van der Waals surface area contributed by atoms with Crippen molar-refractivity contribution in [2.24, 2.45) is 0 Å². The molecule has 4 heteroatoms. The van der Waals surface area contributed by atoms with Crippen molar-refractivity contribution in [1.29, 1.82) is 0 Å². The van der Waals surface area contributed by atoms with Crippen molar-refractivity contribution in [3.05, 3.63) is 35.9 Å². The summed E-state index contributed by atoms with van der Waals surface area (Å²) in [5.74, 6) is -0.158. The molecule has 1 N–H and O–H groups in total. The SMILES string of the molecule is CC1C(=O)NC(c2ccccc2)C(=O)N1C(C)(C)C. The molecule has 1 aliphatic heterocycles. The summed E-state index contributed by atoms with van der Waals surface area (Å²) in [6, 6.07) is 8.33. The molecule has 102 valence electrons. The van der Waals surface area contributed by atoms with Gasteiger partial charge in [0.15, 0.2) is 0 Å². The average Bonchev–Trinajstić information content (AvgIpc) is 2.33. The van der Waals surface area contributed by atoms with Crippen molar-refractivity contribution in [2.75, 3.05) is 0 Å². The summed E-state index contributed by atoms with van der Waals surface area (Å²) in [5.41, 5.74) is 0.448. The van der Waals surface area contributed by atoms with Gasteiger partial charge >= 0.3 is 0 Å². The Morgan fingerprint density at radius 1 is 1.11 bits per heavy atom. The van der Waals surface area contributed by atoms with Crippen LogP contribution in [0.15, 0.2) is 30.3 Å². The third-order valence-electron chi connectivity index (χ3n) is 3.39. The summed E-state index contributed by atoms with van der Waals surface area (Å²) in [6.45, 7) is 7.60. The summed E-state index contributed by atoms with van der Waals surface area (Å²) in [7, 11) is 0. The van der Waals surface area contributed by atoms with Crippen LogP contribution >= 0.6 is 0 Å². The second kappa shape index (κ2) is 4.68. The number of benzene rings is 1. The Balaban J connectivity index is 2.38. The van der Waals surface area contributed by atoms with E-state index in [1.807, 2.05) is 51.1 Å². The van der Waals surface area contributed by atoms with Gasteiger partial charge in [-0.1, -0.05) is 30.3 Å². The monoisotopic (exact) mass is 260 g/mol. The Hall–Kier alpha value is -1.84.